The minimum absolute atomic E-state index is 0.363. The summed E-state index contributed by atoms with van der Waals surface area (Å²) in [5.41, 5.74) is 5.20. The van der Waals surface area contributed by atoms with Crippen molar-refractivity contribution in [3.05, 3.63) is 76.4 Å². The summed E-state index contributed by atoms with van der Waals surface area (Å²) < 4.78 is 34.8. The van der Waals surface area contributed by atoms with Crippen LogP contribution in [0.3, 0.4) is 0 Å². The Hall–Kier alpha value is -3.37. The molecule has 2 aliphatic heterocycles. The van der Waals surface area contributed by atoms with Crippen LogP contribution in [0.1, 0.15) is 25.3 Å². The molecule has 0 radical (unpaired) electrons. The average Bonchev–Trinajstić information content (AvgIpc) is 3.10. The second-order valence-electron chi connectivity index (χ2n) is 13.0. The number of likely N-dealkylation sites (N-methyl/N-ethyl adjacent to an activating group) is 1. The number of aromatic nitrogens is 2. The summed E-state index contributed by atoms with van der Waals surface area (Å²) in [6.07, 6.45) is 4.94. The van der Waals surface area contributed by atoms with Gasteiger partial charge in [-0.25, -0.2) is 13.8 Å². The minimum atomic E-state index is -0.595. The van der Waals surface area contributed by atoms with E-state index in [0.29, 0.717) is 33.4 Å². The van der Waals surface area contributed by atoms with Gasteiger partial charge in [0, 0.05) is 80.6 Å². The number of nitrogens with one attached hydrogen (secondary N) is 2. The zero-order valence-electron chi connectivity index (χ0n) is 28.9. The van der Waals surface area contributed by atoms with Crippen molar-refractivity contribution in [2.75, 3.05) is 82.3 Å². The molecule has 0 spiro atoms. The third-order valence-electron chi connectivity index (χ3n) is 9.61. The molecule has 1 aromatic heterocycles. The molecule has 49 heavy (non-hydrogen) atoms. The Morgan fingerprint density at radius 1 is 0.939 bits per heavy atom. The molecular formula is C37H45BrF2N7OP. The highest BCUT2D eigenvalue weighted by Gasteiger charge is 2.28. The first-order valence-electron chi connectivity index (χ1n) is 16.8. The smallest absolute Gasteiger partial charge is 0.229 e. The van der Waals surface area contributed by atoms with Crippen molar-refractivity contribution < 1.29 is 13.5 Å². The maximum Gasteiger partial charge on any atom is 0.229 e. The third-order valence-corrected chi connectivity index (χ3v) is 11.5. The Balaban J connectivity index is 1.20. The predicted molar refractivity (Wildman–Crippen MR) is 203 cm³/mol. The number of aryl methyl sites for hydroxylation is 1. The molecule has 2 aliphatic rings. The van der Waals surface area contributed by atoms with E-state index >= 15 is 0 Å². The van der Waals surface area contributed by atoms with Gasteiger partial charge in [-0.1, -0.05) is 20.9 Å². The lowest BCUT2D eigenvalue weighted by molar-refractivity contribution is 0.0982. The van der Waals surface area contributed by atoms with Crippen LogP contribution in [0.5, 0.6) is 5.75 Å². The molecule has 3 heterocycles. The zero-order valence-corrected chi connectivity index (χ0v) is 31.3. The van der Waals surface area contributed by atoms with Crippen molar-refractivity contribution in [2.45, 2.75) is 32.2 Å². The van der Waals surface area contributed by atoms with Crippen molar-refractivity contribution in [1.82, 2.24) is 19.8 Å². The van der Waals surface area contributed by atoms with Gasteiger partial charge in [-0.3, -0.25) is 4.90 Å². The normalized spacial score (nSPS) is 16.3. The summed E-state index contributed by atoms with van der Waals surface area (Å²) in [6, 6.07) is 14.4. The Kier molecular flexibility index (Phi) is 11.3. The number of hydrogen-bond donors (Lipinski definition) is 2. The predicted octanol–water partition coefficient (Wildman–Crippen LogP) is 7.83. The minimum Gasteiger partial charge on any atom is -0.494 e. The van der Waals surface area contributed by atoms with Crippen molar-refractivity contribution >= 4 is 58.0 Å². The van der Waals surface area contributed by atoms with E-state index in [1.165, 1.54) is 36.2 Å². The number of anilines is 5. The van der Waals surface area contributed by atoms with Gasteiger partial charge in [-0.2, -0.15) is 4.98 Å². The number of piperidine rings is 1. The van der Waals surface area contributed by atoms with Crippen molar-refractivity contribution in [3.8, 4) is 16.9 Å². The lowest BCUT2D eigenvalue weighted by Crippen LogP contribution is -2.52. The van der Waals surface area contributed by atoms with Crippen LogP contribution in [0, 0.1) is 11.6 Å². The highest BCUT2D eigenvalue weighted by molar-refractivity contribution is 9.10. The summed E-state index contributed by atoms with van der Waals surface area (Å²) in [5, 5.41) is 7.91. The highest BCUT2D eigenvalue weighted by atomic mass is 79.9. The van der Waals surface area contributed by atoms with Gasteiger partial charge in [-0.05, 0) is 102 Å². The molecule has 12 heteroatoms. The highest BCUT2D eigenvalue weighted by Crippen LogP contribution is 2.38. The first-order valence-corrected chi connectivity index (χ1v) is 19.9. The topological polar surface area (TPSA) is 68.8 Å². The second-order valence-corrected chi connectivity index (χ2v) is 16.1. The van der Waals surface area contributed by atoms with Crippen LogP contribution in [0.25, 0.3) is 11.1 Å². The fraction of sp³-hybridized carbons (Fsp3) is 0.405. The number of methoxy groups -OCH3 is 1. The Bertz CT molecular complexity index is 1780. The van der Waals surface area contributed by atoms with Gasteiger partial charge in [0.2, 0.25) is 5.95 Å². The fourth-order valence-electron chi connectivity index (χ4n) is 6.78. The number of ether oxygens (including phenoxy) is 1. The molecule has 260 valence electrons. The molecule has 0 unspecified atom stereocenters. The molecule has 2 saturated heterocycles. The molecule has 8 nitrogen and oxygen atoms in total. The summed E-state index contributed by atoms with van der Waals surface area (Å²) in [4.78, 5) is 17.0. The lowest BCUT2D eigenvalue weighted by Gasteiger charge is -2.43. The summed E-state index contributed by atoms with van der Waals surface area (Å²) >= 11 is 3.61. The van der Waals surface area contributed by atoms with Crippen LogP contribution in [0.15, 0.2) is 59.2 Å². The molecule has 0 saturated carbocycles. The number of piperazine rings is 1. The van der Waals surface area contributed by atoms with E-state index in [4.69, 9.17) is 9.72 Å². The molecular weight excluding hydrogens is 707 g/mol. The molecule has 0 bridgehead atoms. The van der Waals surface area contributed by atoms with Gasteiger partial charge in [0.25, 0.3) is 0 Å². The van der Waals surface area contributed by atoms with Gasteiger partial charge < -0.3 is 25.2 Å². The van der Waals surface area contributed by atoms with Gasteiger partial charge in [0.1, 0.15) is 23.2 Å². The molecule has 2 fully saturated rings. The number of nitrogens with zero attached hydrogens (tertiary/aromatic N) is 5. The summed E-state index contributed by atoms with van der Waals surface area (Å²) in [5.74, 6) is 0.572. The Morgan fingerprint density at radius 2 is 1.69 bits per heavy atom. The van der Waals surface area contributed by atoms with Crippen LogP contribution in [0.4, 0.5) is 37.6 Å². The molecule has 2 N–H and O–H groups in total. The van der Waals surface area contributed by atoms with E-state index in [0.717, 1.165) is 74.2 Å². The maximum absolute atomic E-state index is 14.6. The van der Waals surface area contributed by atoms with Gasteiger partial charge >= 0.3 is 0 Å². The number of rotatable bonds is 10. The lowest BCUT2D eigenvalue weighted by atomic mass is 9.99. The third kappa shape index (κ3) is 8.17. The first kappa shape index (κ1) is 35.5. The van der Waals surface area contributed by atoms with Crippen LogP contribution in [-0.4, -0.2) is 92.6 Å². The fourth-order valence-corrected chi connectivity index (χ4v) is 8.08. The van der Waals surface area contributed by atoms with Crippen molar-refractivity contribution in [3.63, 3.8) is 0 Å². The van der Waals surface area contributed by atoms with E-state index in [9.17, 15) is 8.78 Å². The van der Waals surface area contributed by atoms with Crippen LogP contribution in [0.2, 0.25) is 0 Å². The van der Waals surface area contributed by atoms with E-state index < -0.39 is 19.6 Å². The van der Waals surface area contributed by atoms with Crippen LogP contribution < -0.4 is 25.6 Å². The average molecular weight is 753 g/mol. The number of hydrogen-bond acceptors (Lipinski definition) is 8. The summed E-state index contributed by atoms with van der Waals surface area (Å²) in [6.45, 7) is 13.2. The largest absolute Gasteiger partial charge is 0.494 e. The molecule has 6 rings (SSSR count). The van der Waals surface area contributed by atoms with Gasteiger partial charge in [0.15, 0.2) is 0 Å². The quantitative estimate of drug-likeness (QED) is 0.159. The number of halogens is 3. The molecule has 0 amide bonds. The maximum atomic E-state index is 14.6. The van der Waals surface area contributed by atoms with E-state index in [1.54, 1.807) is 13.3 Å². The summed E-state index contributed by atoms with van der Waals surface area (Å²) in [7, 11) is 3.33. The number of benzene rings is 3. The monoisotopic (exact) mass is 751 g/mol. The van der Waals surface area contributed by atoms with E-state index in [1.807, 2.05) is 18.2 Å². The molecule has 3 aromatic carbocycles. The van der Waals surface area contributed by atoms with Gasteiger partial charge in [-0.15, -0.1) is 0 Å². The Labute approximate surface area is 298 Å². The molecule has 4 aromatic rings. The van der Waals surface area contributed by atoms with Crippen molar-refractivity contribution in [2.24, 2.45) is 0 Å². The van der Waals surface area contributed by atoms with Crippen molar-refractivity contribution in [1.29, 1.82) is 0 Å². The standard InChI is InChI=1S/C37H45BrF2N7OP/c1-6-24-19-32(34(48-3)22-33(24)47-13-11-27(12-14-47)46-17-15-45(2)16-18-46)43-37-41-23-29(38)36(44-37)42-31-10-7-25(20-35(31)49(4)5)28-9-8-26(39)21-30(28)40/h7-10,19-23,27H,6,11-18H2,1-5H3,(H2,41,42,43,44). The molecule has 0 aliphatic carbocycles. The van der Waals surface area contributed by atoms with Crippen LogP contribution >= 0.6 is 23.9 Å². The van der Waals surface area contributed by atoms with Crippen LogP contribution in [-0.2, 0) is 6.42 Å². The Morgan fingerprint density at radius 3 is 2.37 bits per heavy atom. The van der Waals surface area contributed by atoms with E-state index in [-0.39, 0.29) is 0 Å². The van der Waals surface area contributed by atoms with E-state index in [2.05, 4.69) is 85.7 Å². The zero-order chi connectivity index (χ0) is 34.7. The second kappa shape index (κ2) is 15.7. The SMILES string of the molecule is CCc1cc(Nc2ncc(Br)c(Nc3ccc(-c4ccc(F)cc4F)cc3P(C)C)n2)c(OC)cc1N1CCC(N2CCN(C)CC2)CC1. The molecule has 0 atom stereocenters. The van der Waals surface area contributed by atoms with Gasteiger partial charge in [0.05, 0.1) is 17.3 Å². The first-order chi connectivity index (χ1) is 23.6.